The van der Waals surface area contributed by atoms with E-state index in [1.165, 1.54) is 39.3 Å². The van der Waals surface area contributed by atoms with E-state index >= 15 is 0 Å². The van der Waals surface area contributed by atoms with Crippen molar-refractivity contribution in [3.05, 3.63) is 110 Å². The van der Waals surface area contributed by atoms with Crippen LogP contribution in [0, 0.1) is 6.92 Å². The SMILES string of the molecule is Cc1nnc(C2=C(C(=O)OC(c3ccccc3)c3ccccc3)N3C(=O)C(NC(=O)Cc4cccs4)[C@H]3SC2)s1. The standard InChI is InChI=1S/C29H24N4O4S3/c1-17-31-32-26(40-17)21-16-39-28-23(30-22(34)15-20-13-8-14-38-20)27(35)33(28)24(21)29(36)37-25(18-9-4-2-5-10-18)19-11-6-3-7-12-19/h2-14,23,25,28H,15-16H2,1H3,(H,30,34)/t23?,28-/m1/s1. The van der Waals surface area contributed by atoms with Crippen LogP contribution < -0.4 is 5.32 Å². The summed E-state index contributed by atoms with van der Waals surface area (Å²) < 4.78 is 6.18. The minimum Gasteiger partial charge on any atom is -0.448 e. The zero-order valence-electron chi connectivity index (χ0n) is 21.4. The van der Waals surface area contributed by atoms with Crippen molar-refractivity contribution in [1.82, 2.24) is 20.4 Å². The summed E-state index contributed by atoms with van der Waals surface area (Å²) in [5.74, 6) is -0.777. The number of thioether (sulfide) groups is 1. The number of carbonyl (C=O) groups excluding carboxylic acids is 3. The number of nitrogens with one attached hydrogen (secondary N) is 1. The molecule has 0 saturated carbocycles. The summed E-state index contributed by atoms with van der Waals surface area (Å²) in [5.41, 5.74) is 2.39. The first-order chi connectivity index (χ1) is 19.5. The number of hydrogen-bond acceptors (Lipinski definition) is 9. The zero-order valence-corrected chi connectivity index (χ0v) is 23.8. The van der Waals surface area contributed by atoms with Crippen molar-refractivity contribution < 1.29 is 19.1 Å². The molecule has 2 aliphatic heterocycles. The van der Waals surface area contributed by atoms with Crippen LogP contribution in [0.2, 0.25) is 0 Å². The summed E-state index contributed by atoms with van der Waals surface area (Å²) in [6.45, 7) is 1.84. The molecule has 1 saturated heterocycles. The number of fused-ring (bicyclic) bond motifs is 1. The van der Waals surface area contributed by atoms with Crippen LogP contribution in [0.15, 0.2) is 83.9 Å². The quantitative estimate of drug-likeness (QED) is 0.237. The van der Waals surface area contributed by atoms with Crippen LogP contribution in [0.1, 0.15) is 32.1 Å². The van der Waals surface area contributed by atoms with Gasteiger partial charge in [-0.2, -0.15) is 0 Å². The van der Waals surface area contributed by atoms with Crippen LogP contribution in [-0.4, -0.2) is 50.0 Å². The highest BCUT2D eigenvalue weighted by atomic mass is 32.2. The third-order valence-corrected chi connectivity index (χ3v) is 9.66. The number of aromatic nitrogens is 2. The molecule has 40 heavy (non-hydrogen) atoms. The first-order valence-electron chi connectivity index (χ1n) is 12.6. The third-order valence-electron chi connectivity index (χ3n) is 6.61. The Labute approximate surface area is 243 Å². The van der Waals surface area contributed by atoms with Crippen molar-refractivity contribution in [2.24, 2.45) is 0 Å². The van der Waals surface area contributed by atoms with E-state index in [0.717, 1.165) is 21.0 Å². The van der Waals surface area contributed by atoms with Crippen LogP contribution >= 0.6 is 34.4 Å². The monoisotopic (exact) mass is 588 g/mol. The molecule has 1 fully saturated rings. The molecule has 2 aromatic heterocycles. The van der Waals surface area contributed by atoms with Gasteiger partial charge in [0.1, 0.15) is 27.1 Å². The van der Waals surface area contributed by atoms with Crippen LogP contribution in [-0.2, 0) is 25.5 Å². The maximum Gasteiger partial charge on any atom is 0.356 e. The van der Waals surface area contributed by atoms with Gasteiger partial charge in [-0.25, -0.2) is 4.79 Å². The maximum atomic E-state index is 14.0. The van der Waals surface area contributed by atoms with E-state index in [-0.39, 0.29) is 23.9 Å². The summed E-state index contributed by atoms with van der Waals surface area (Å²) in [5, 5.41) is 14.1. The highest BCUT2D eigenvalue weighted by Crippen LogP contribution is 2.44. The summed E-state index contributed by atoms with van der Waals surface area (Å²) in [6.07, 6.45) is -0.472. The molecule has 0 spiro atoms. The normalized spacial score (nSPS) is 18.4. The van der Waals surface area contributed by atoms with Gasteiger partial charge in [0.2, 0.25) is 5.91 Å². The highest BCUT2D eigenvalue weighted by molar-refractivity contribution is 8.00. The Kier molecular flexibility index (Phi) is 7.50. The molecule has 8 nitrogen and oxygen atoms in total. The number of amides is 2. The molecular weight excluding hydrogens is 565 g/mol. The van der Waals surface area contributed by atoms with Crippen molar-refractivity contribution in [3.8, 4) is 0 Å². The van der Waals surface area contributed by atoms with Gasteiger partial charge in [-0.3, -0.25) is 14.5 Å². The predicted octanol–water partition coefficient (Wildman–Crippen LogP) is 4.59. The van der Waals surface area contributed by atoms with E-state index in [4.69, 9.17) is 4.74 Å². The van der Waals surface area contributed by atoms with Gasteiger partial charge in [0, 0.05) is 16.2 Å². The Balaban J connectivity index is 1.31. The van der Waals surface area contributed by atoms with Crippen molar-refractivity contribution in [3.63, 3.8) is 0 Å². The van der Waals surface area contributed by atoms with Gasteiger partial charge >= 0.3 is 5.97 Å². The molecule has 0 radical (unpaired) electrons. The first kappa shape index (κ1) is 26.4. The second kappa shape index (κ2) is 11.4. The molecule has 202 valence electrons. The lowest BCUT2D eigenvalue weighted by Crippen LogP contribution is -2.70. The number of benzene rings is 2. The average Bonchev–Trinajstić information content (AvgIpc) is 3.66. The number of ether oxygens (including phenoxy) is 1. The minimum atomic E-state index is -0.725. The number of nitrogens with zero attached hydrogens (tertiary/aromatic N) is 3. The Morgan fingerprint density at radius 3 is 2.33 bits per heavy atom. The molecule has 4 aromatic rings. The van der Waals surface area contributed by atoms with Gasteiger partial charge in [0.25, 0.3) is 5.91 Å². The first-order valence-corrected chi connectivity index (χ1v) is 15.3. The van der Waals surface area contributed by atoms with E-state index < -0.39 is 23.5 Å². The number of rotatable bonds is 8. The molecule has 0 aliphatic carbocycles. The maximum absolute atomic E-state index is 14.0. The van der Waals surface area contributed by atoms with E-state index in [2.05, 4.69) is 15.5 Å². The Morgan fingerprint density at radius 2 is 1.73 bits per heavy atom. The van der Waals surface area contributed by atoms with Crippen LogP contribution in [0.4, 0.5) is 0 Å². The zero-order chi connectivity index (χ0) is 27.6. The van der Waals surface area contributed by atoms with E-state index in [9.17, 15) is 14.4 Å². The number of esters is 1. The Bertz CT molecular complexity index is 1530. The Hall–Kier alpha value is -3.80. The molecule has 1 unspecified atom stereocenters. The smallest absolute Gasteiger partial charge is 0.356 e. The molecule has 1 N–H and O–H groups in total. The van der Waals surface area contributed by atoms with E-state index in [0.29, 0.717) is 16.3 Å². The molecule has 2 amide bonds. The molecule has 2 atom stereocenters. The highest BCUT2D eigenvalue weighted by Gasteiger charge is 2.55. The van der Waals surface area contributed by atoms with Gasteiger partial charge in [-0.05, 0) is 29.5 Å². The van der Waals surface area contributed by atoms with Gasteiger partial charge in [0.15, 0.2) is 6.10 Å². The van der Waals surface area contributed by atoms with Crippen molar-refractivity contribution in [1.29, 1.82) is 0 Å². The number of aryl methyl sites for hydroxylation is 1. The van der Waals surface area contributed by atoms with Crippen molar-refractivity contribution in [2.45, 2.75) is 30.9 Å². The average molecular weight is 589 g/mol. The lowest BCUT2D eigenvalue weighted by molar-refractivity contribution is -0.154. The van der Waals surface area contributed by atoms with Gasteiger partial charge < -0.3 is 10.1 Å². The number of thiophene rings is 1. The fourth-order valence-electron chi connectivity index (χ4n) is 4.73. The molecule has 6 rings (SSSR count). The van der Waals surface area contributed by atoms with E-state index in [1.54, 1.807) is 0 Å². The van der Waals surface area contributed by atoms with Crippen LogP contribution in [0.25, 0.3) is 5.57 Å². The molecule has 2 aliphatic rings. The fourth-order valence-corrected chi connectivity index (χ4v) is 7.61. The van der Waals surface area contributed by atoms with Crippen LogP contribution in [0.3, 0.4) is 0 Å². The van der Waals surface area contributed by atoms with Crippen LogP contribution in [0.5, 0.6) is 0 Å². The summed E-state index contributed by atoms with van der Waals surface area (Å²) in [7, 11) is 0. The second-order valence-corrected chi connectivity index (χ2v) is 12.6. The molecule has 2 aromatic carbocycles. The summed E-state index contributed by atoms with van der Waals surface area (Å²) in [6, 6.07) is 22.0. The molecule has 0 bridgehead atoms. The van der Waals surface area contributed by atoms with Crippen molar-refractivity contribution >= 4 is 57.8 Å². The van der Waals surface area contributed by atoms with Crippen molar-refractivity contribution in [2.75, 3.05) is 5.75 Å². The second-order valence-electron chi connectivity index (χ2n) is 9.27. The molecule has 4 heterocycles. The summed E-state index contributed by atoms with van der Waals surface area (Å²) >= 11 is 4.34. The third kappa shape index (κ3) is 5.19. The molecule has 11 heteroatoms. The number of carbonyl (C=O) groups is 3. The lowest BCUT2D eigenvalue weighted by Gasteiger charge is -2.49. The van der Waals surface area contributed by atoms with Gasteiger partial charge in [0.05, 0.1) is 6.42 Å². The minimum absolute atomic E-state index is 0.158. The number of β-lactam (4-membered cyclic amide) rings is 1. The van der Waals surface area contributed by atoms with E-state index in [1.807, 2.05) is 85.1 Å². The topological polar surface area (TPSA) is 101 Å². The molecular formula is C29H24N4O4S3. The predicted molar refractivity (Wildman–Crippen MR) is 155 cm³/mol. The van der Waals surface area contributed by atoms with Gasteiger partial charge in [-0.15, -0.1) is 33.3 Å². The Morgan fingerprint density at radius 1 is 1.02 bits per heavy atom. The fraction of sp³-hybridized carbons (Fsp3) is 0.207. The number of hydrogen-bond donors (Lipinski definition) is 1. The lowest BCUT2D eigenvalue weighted by atomic mass is 10.0. The summed E-state index contributed by atoms with van der Waals surface area (Å²) in [4.78, 5) is 42.6. The van der Waals surface area contributed by atoms with Gasteiger partial charge in [-0.1, -0.05) is 78.1 Å². The largest absolute Gasteiger partial charge is 0.448 e.